The monoisotopic (exact) mass is 738 g/mol. The Balaban J connectivity index is 0.911. The van der Waals surface area contributed by atoms with Gasteiger partial charge in [0.05, 0.1) is 22.1 Å². The fraction of sp³-hybridized carbons (Fsp3) is 0.0357. The molecule has 0 fully saturated rings. The topological polar surface area (TPSA) is 9.86 Å². The number of rotatable bonds is 5. The molecule has 0 aliphatic heterocycles. The van der Waals surface area contributed by atoms with E-state index in [9.17, 15) is 0 Å². The van der Waals surface area contributed by atoms with Crippen molar-refractivity contribution in [1.29, 1.82) is 0 Å². The summed E-state index contributed by atoms with van der Waals surface area (Å²) >= 11 is 0. The third-order valence-corrected chi connectivity index (χ3v) is 12.5. The molecule has 9 aromatic carbocycles. The molecule has 0 radical (unpaired) electrons. The Bertz CT molecular complexity index is 3330. The molecular weight excluding hydrogens is 701 g/mol. The predicted octanol–water partition coefficient (Wildman–Crippen LogP) is 14.6. The van der Waals surface area contributed by atoms with E-state index in [-0.39, 0.29) is 5.92 Å². The van der Waals surface area contributed by atoms with E-state index in [2.05, 4.69) is 221 Å². The van der Waals surface area contributed by atoms with E-state index in [0.29, 0.717) is 0 Å². The van der Waals surface area contributed by atoms with Crippen LogP contribution in [0.25, 0.3) is 88.4 Å². The van der Waals surface area contributed by atoms with Gasteiger partial charge < -0.3 is 9.13 Å². The minimum Gasteiger partial charge on any atom is -0.309 e. The van der Waals surface area contributed by atoms with E-state index >= 15 is 0 Å². The van der Waals surface area contributed by atoms with Crippen molar-refractivity contribution < 1.29 is 0 Å². The van der Waals surface area contributed by atoms with Gasteiger partial charge in [-0.1, -0.05) is 152 Å². The fourth-order valence-electron chi connectivity index (χ4n) is 9.83. The molecule has 1 aliphatic rings. The predicted molar refractivity (Wildman–Crippen MR) is 243 cm³/mol. The van der Waals surface area contributed by atoms with Gasteiger partial charge in [-0.15, -0.1) is 0 Å². The largest absolute Gasteiger partial charge is 0.309 e. The van der Waals surface area contributed by atoms with Crippen LogP contribution in [0.4, 0.5) is 0 Å². The van der Waals surface area contributed by atoms with Gasteiger partial charge in [0.2, 0.25) is 0 Å². The Morgan fingerprint density at radius 1 is 0.328 bits per heavy atom. The van der Waals surface area contributed by atoms with Gasteiger partial charge >= 0.3 is 0 Å². The van der Waals surface area contributed by atoms with Crippen molar-refractivity contribution in [3.63, 3.8) is 0 Å². The Kier molecular flexibility index (Phi) is 7.39. The summed E-state index contributed by atoms with van der Waals surface area (Å²) in [4.78, 5) is 0. The number of nitrogens with zero attached hydrogens (tertiary/aromatic N) is 2. The SMILES string of the molecule is c1ccc(-n2c3ccccc3c3cc(-c4ccc5c(c4)-c4ccccc4C(c4cccc(-c6cccc(-n7c8ccccc8c8ccccc87)c6)c4)C5)ccc32)cc1. The number of hydrogen-bond donors (Lipinski definition) is 0. The van der Waals surface area contributed by atoms with Gasteiger partial charge in [-0.2, -0.15) is 0 Å². The van der Waals surface area contributed by atoms with Crippen molar-refractivity contribution >= 4 is 43.6 Å². The van der Waals surface area contributed by atoms with Crippen molar-refractivity contribution in [1.82, 2.24) is 9.13 Å². The van der Waals surface area contributed by atoms with Gasteiger partial charge in [0.15, 0.2) is 0 Å². The lowest BCUT2D eigenvalue weighted by Crippen LogP contribution is -2.12. The maximum Gasteiger partial charge on any atom is 0.0541 e. The van der Waals surface area contributed by atoms with Crippen LogP contribution < -0.4 is 0 Å². The smallest absolute Gasteiger partial charge is 0.0541 e. The quantitative estimate of drug-likeness (QED) is 0.166. The molecule has 1 atom stereocenters. The highest BCUT2D eigenvalue weighted by atomic mass is 15.0. The van der Waals surface area contributed by atoms with Crippen LogP contribution in [0.15, 0.2) is 212 Å². The molecule has 0 amide bonds. The molecule has 2 aromatic heterocycles. The van der Waals surface area contributed by atoms with E-state index in [1.54, 1.807) is 0 Å². The maximum absolute atomic E-state index is 2.43. The number of fused-ring (bicyclic) bond motifs is 9. The van der Waals surface area contributed by atoms with E-state index in [1.807, 2.05) is 0 Å². The summed E-state index contributed by atoms with van der Waals surface area (Å²) in [5.41, 5.74) is 19.0. The molecular formula is C56H38N2. The molecule has 0 saturated carbocycles. The fourth-order valence-corrected chi connectivity index (χ4v) is 9.83. The Hall–Kier alpha value is -7.42. The first kappa shape index (κ1) is 32.8. The second-order valence-electron chi connectivity index (χ2n) is 15.7. The average molecular weight is 739 g/mol. The Labute approximate surface area is 337 Å². The molecule has 1 aliphatic carbocycles. The van der Waals surface area contributed by atoms with Crippen molar-refractivity contribution in [3.05, 3.63) is 229 Å². The van der Waals surface area contributed by atoms with Crippen molar-refractivity contribution in [2.45, 2.75) is 12.3 Å². The van der Waals surface area contributed by atoms with E-state index in [4.69, 9.17) is 0 Å². The number of aromatic nitrogens is 2. The third kappa shape index (κ3) is 5.12. The van der Waals surface area contributed by atoms with Crippen molar-refractivity contribution in [2.24, 2.45) is 0 Å². The van der Waals surface area contributed by atoms with Crippen LogP contribution in [-0.2, 0) is 6.42 Å². The molecule has 0 bridgehead atoms. The molecule has 11 aromatic rings. The highest BCUT2D eigenvalue weighted by molar-refractivity contribution is 6.11. The van der Waals surface area contributed by atoms with Crippen molar-refractivity contribution in [2.75, 3.05) is 0 Å². The van der Waals surface area contributed by atoms with Gasteiger partial charge in [-0.25, -0.2) is 0 Å². The van der Waals surface area contributed by atoms with Crippen LogP contribution in [0.2, 0.25) is 0 Å². The Morgan fingerprint density at radius 2 is 0.862 bits per heavy atom. The number of hydrogen-bond acceptors (Lipinski definition) is 0. The third-order valence-electron chi connectivity index (χ3n) is 12.5. The molecule has 2 heteroatoms. The first-order chi connectivity index (χ1) is 28.8. The Morgan fingerprint density at radius 3 is 1.62 bits per heavy atom. The van der Waals surface area contributed by atoms with Gasteiger partial charge in [-0.05, 0) is 117 Å². The summed E-state index contributed by atoms with van der Waals surface area (Å²) in [6.45, 7) is 0. The van der Waals surface area contributed by atoms with Crippen LogP contribution in [0.3, 0.4) is 0 Å². The summed E-state index contributed by atoms with van der Waals surface area (Å²) in [6.07, 6.45) is 0.959. The lowest BCUT2D eigenvalue weighted by Gasteiger charge is -2.29. The van der Waals surface area contributed by atoms with Crippen LogP contribution >= 0.6 is 0 Å². The van der Waals surface area contributed by atoms with Crippen LogP contribution in [0, 0.1) is 0 Å². The van der Waals surface area contributed by atoms with E-state index in [0.717, 1.165) is 6.42 Å². The standard InChI is InChI=1S/C56H38N2/c1-2-17-43(18-3-1)57-55-27-11-8-24-49(55)52-35-40(30-31-56(52)57)39-28-29-42-36-51(46-21-5-4-20-45(46)50(42)34-39)41-16-12-14-37(32-41)38-15-13-19-44(33-38)58-53-25-9-6-22-47(53)48-23-7-10-26-54(48)58/h1-35,51H,36H2. The first-order valence-corrected chi connectivity index (χ1v) is 20.3. The zero-order valence-corrected chi connectivity index (χ0v) is 31.9. The first-order valence-electron chi connectivity index (χ1n) is 20.3. The van der Waals surface area contributed by atoms with Crippen LogP contribution in [0.5, 0.6) is 0 Å². The second kappa shape index (κ2) is 13.1. The van der Waals surface area contributed by atoms with Crippen LogP contribution in [0.1, 0.15) is 22.6 Å². The molecule has 2 heterocycles. The highest BCUT2D eigenvalue weighted by Crippen LogP contribution is 2.45. The molecule has 0 N–H and O–H groups in total. The summed E-state index contributed by atoms with van der Waals surface area (Å²) in [7, 11) is 0. The van der Waals surface area contributed by atoms with Gasteiger partial charge in [0.1, 0.15) is 0 Å². The van der Waals surface area contributed by atoms with E-state index < -0.39 is 0 Å². The number of para-hydroxylation sites is 4. The minimum absolute atomic E-state index is 0.260. The molecule has 58 heavy (non-hydrogen) atoms. The van der Waals surface area contributed by atoms with Crippen LogP contribution in [-0.4, -0.2) is 9.13 Å². The molecule has 0 spiro atoms. The average Bonchev–Trinajstić information content (AvgIpc) is 3.82. The summed E-state index contributed by atoms with van der Waals surface area (Å²) in [6, 6.07) is 78.4. The molecule has 12 rings (SSSR count). The maximum atomic E-state index is 2.43. The normalized spacial score (nSPS) is 13.6. The lowest BCUT2D eigenvalue weighted by atomic mass is 9.75. The molecule has 1 unspecified atom stereocenters. The highest BCUT2D eigenvalue weighted by Gasteiger charge is 2.27. The second-order valence-corrected chi connectivity index (χ2v) is 15.7. The van der Waals surface area contributed by atoms with Crippen molar-refractivity contribution in [3.8, 4) is 44.8 Å². The van der Waals surface area contributed by atoms with Gasteiger partial charge in [0, 0.05) is 38.8 Å². The minimum atomic E-state index is 0.260. The number of benzene rings is 9. The van der Waals surface area contributed by atoms with Gasteiger partial charge in [-0.3, -0.25) is 0 Å². The molecule has 0 saturated heterocycles. The summed E-state index contributed by atoms with van der Waals surface area (Å²) in [5, 5.41) is 5.11. The lowest BCUT2D eigenvalue weighted by molar-refractivity contribution is 0.794. The van der Waals surface area contributed by atoms with E-state index in [1.165, 1.54) is 105 Å². The van der Waals surface area contributed by atoms with Gasteiger partial charge in [0.25, 0.3) is 0 Å². The zero-order chi connectivity index (χ0) is 38.2. The summed E-state index contributed by atoms with van der Waals surface area (Å²) in [5.74, 6) is 0.260. The molecule has 272 valence electrons. The molecule has 2 nitrogen and oxygen atoms in total. The zero-order valence-electron chi connectivity index (χ0n) is 31.9. The summed E-state index contributed by atoms with van der Waals surface area (Å²) < 4.78 is 4.79.